The summed E-state index contributed by atoms with van der Waals surface area (Å²) in [4.78, 5) is 14.4. The summed E-state index contributed by atoms with van der Waals surface area (Å²) in [5.41, 5.74) is 0.625. The van der Waals surface area contributed by atoms with Gasteiger partial charge in [-0.15, -0.1) is 0 Å². The molecule has 0 saturated carbocycles. The van der Waals surface area contributed by atoms with Gasteiger partial charge in [0.2, 0.25) is 10.0 Å². The second-order valence-corrected chi connectivity index (χ2v) is 8.25. The van der Waals surface area contributed by atoms with Gasteiger partial charge in [0, 0.05) is 36.2 Å². The van der Waals surface area contributed by atoms with Crippen molar-refractivity contribution in [3.63, 3.8) is 0 Å². The SMILES string of the molecule is O=C(c1ccccc1)N1CCN(S(=O)(=O)c2ccccc2Br)CC1. The number of amides is 1. The Bertz CT molecular complexity index is 832. The average molecular weight is 409 g/mol. The largest absolute Gasteiger partial charge is 0.336 e. The highest BCUT2D eigenvalue weighted by Crippen LogP contribution is 2.25. The number of piperazine rings is 1. The van der Waals surface area contributed by atoms with E-state index in [2.05, 4.69) is 15.9 Å². The molecule has 1 heterocycles. The van der Waals surface area contributed by atoms with E-state index in [1.807, 2.05) is 18.2 Å². The Morgan fingerprint density at radius 2 is 1.46 bits per heavy atom. The van der Waals surface area contributed by atoms with Crippen molar-refractivity contribution in [2.45, 2.75) is 4.90 Å². The monoisotopic (exact) mass is 408 g/mol. The first-order chi connectivity index (χ1) is 11.5. The summed E-state index contributed by atoms with van der Waals surface area (Å²) >= 11 is 3.29. The van der Waals surface area contributed by atoms with Gasteiger partial charge in [0.1, 0.15) is 0 Å². The van der Waals surface area contributed by atoms with Crippen LogP contribution in [-0.2, 0) is 10.0 Å². The van der Waals surface area contributed by atoms with Gasteiger partial charge < -0.3 is 4.90 Å². The van der Waals surface area contributed by atoms with Crippen LogP contribution in [0.25, 0.3) is 0 Å². The lowest BCUT2D eigenvalue weighted by Gasteiger charge is -2.34. The van der Waals surface area contributed by atoms with E-state index in [9.17, 15) is 13.2 Å². The van der Waals surface area contributed by atoms with Gasteiger partial charge in [-0.2, -0.15) is 4.31 Å². The van der Waals surface area contributed by atoms with Crippen LogP contribution in [0.4, 0.5) is 0 Å². The maximum atomic E-state index is 12.7. The lowest BCUT2D eigenvalue weighted by Crippen LogP contribution is -2.50. The summed E-state index contributed by atoms with van der Waals surface area (Å²) < 4.78 is 27.5. The Labute approximate surface area is 150 Å². The van der Waals surface area contributed by atoms with Crippen LogP contribution in [0.15, 0.2) is 64.0 Å². The predicted molar refractivity (Wildman–Crippen MR) is 95.2 cm³/mol. The molecule has 0 aromatic heterocycles. The lowest BCUT2D eigenvalue weighted by atomic mass is 10.2. The lowest BCUT2D eigenvalue weighted by molar-refractivity contribution is 0.0698. The molecule has 1 fully saturated rings. The first-order valence-corrected chi connectivity index (χ1v) is 9.82. The molecular weight excluding hydrogens is 392 g/mol. The minimum absolute atomic E-state index is 0.0615. The Morgan fingerprint density at radius 3 is 2.08 bits per heavy atom. The number of hydrogen-bond donors (Lipinski definition) is 0. The van der Waals surface area contributed by atoms with Gasteiger partial charge in [-0.25, -0.2) is 8.42 Å². The molecule has 2 aromatic rings. The molecule has 0 N–H and O–H groups in total. The zero-order valence-electron chi connectivity index (χ0n) is 12.9. The molecule has 7 heteroatoms. The minimum atomic E-state index is -3.56. The standard InChI is InChI=1S/C17H17BrN2O3S/c18-15-8-4-5-9-16(15)24(22,23)20-12-10-19(11-13-20)17(21)14-6-2-1-3-7-14/h1-9H,10-13H2. The van der Waals surface area contributed by atoms with Gasteiger partial charge in [0.25, 0.3) is 5.91 Å². The molecule has 126 valence electrons. The number of carbonyl (C=O) groups is 1. The van der Waals surface area contributed by atoms with E-state index < -0.39 is 10.0 Å². The summed E-state index contributed by atoms with van der Waals surface area (Å²) in [6.45, 7) is 1.36. The smallest absolute Gasteiger partial charge is 0.253 e. The van der Waals surface area contributed by atoms with Crippen LogP contribution >= 0.6 is 15.9 Å². The number of rotatable bonds is 3. The van der Waals surface area contributed by atoms with Crippen LogP contribution in [0.2, 0.25) is 0 Å². The van der Waals surface area contributed by atoms with Crippen molar-refractivity contribution in [1.82, 2.24) is 9.21 Å². The van der Waals surface area contributed by atoms with Gasteiger partial charge in [0.15, 0.2) is 0 Å². The molecule has 0 aliphatic carbocycles. The van der Waals surface area contributed by atoms with Gasteiger partial charge in [-0.05, 0) is 40.2 Å². The van der Waals surface area contributed by atoms with E-state index in [0.717, 1.165) is 0 Å². The molecule has 0 bridgehead atoms. The van der Waals surface area contributed by atoms with Crippen LogP contribution in [0.1, 0.15) is 10.4 Å². The molecule has 0 unspecified atom stereocenters. The fourth-order valence-electron chi connectivity index (χ4n) is 2.69. The molecule has 24 heavy (non-hydrogen) atoms. The molecule has 1 amide bonds. The third-order valence-electron chi connectivity index (χ3n) is 4.00. The quantitative estimate of drug-likeness (QED) is 0.783. The molecular formula is C17H17BrN2O3S. The molecule has 0 spiro atoms. The molecule has 0 radical (unpaired) electrons. The molecule has 3 rings (SSSR count). The Kier molecular flexibility index (Phi) is 5.03. The third kappa shape index (κ3) is 3.38. The Balaban J connectivity index is 1.71. The van der Waals surface area contributed by atoms with Crippen LogP contribution in [0, 0.1) is 0 Å². The van der Waals surface area contributed by atoms with Crippen LogP contribution in [0.3, 0.4) is 0 Å². The van der Waals surface area contributed by atoms with Crippen molar-refractivity contribution in [1.29, 1.82) is 0 Å². The summed E-state index contributed by atoms with van der Waals surface area (Å²) in [5.74, 6) is -0.0615. The maximum absolute atomic E-state index is 12.7. The normalized spacial score (nSPS) is 16.1. The van der Waals surface area contributed by atoms with Crippen molar-refractivity contribution >= 4 is 31.9 Å². The highest BCUT2D eigenvalue weighted by Gasteiger charge is 2.31. The zero-order chi connectivity index (χ0) is 17.2. The third-order valence-corrected chi connectivity index (χ3v) is 6.91. The van der Waals surface area contributed by atoms with Crippen molar-refractivity contribution in [3.05, 3.63) is 64.6 Å². The maximum Gasteiger partial charge on any atom is 0.253 e. The van der Waals surface area contributed by atoms with Gasteiger partial charge in [0.05, 0.1) is 4.90 Å². The summed E-state index contributed by atoms with van der Waals surface area (Å²) in [6, 6.07) is 15.8. The number of benzene rings is 2. The number of nitrogens with zero attached hydrogens (tertiary/aromatic N) is 2. The highest BCUT2D eigenvalue weighted by molar-refractivity contribution is 9.10. The second-order valence-electron chi connectivity index (χ2n) is 5.49. The Hall–Kier alpha value is -1.70. The molecule has 2 aromatic carbocycles. The highest BCUT2D eigenvalue weighted by atomic mass is 79.9. The summed E-state index contributed by atoms with van der Waals surface area (Å²) in [7, 11) is -3.56. The van der Waals surface area contributed by atoms with Crippen molar-refractivity contribution in [2.24, 2.45) is 0 Å². The zero-order valence-corrected chi connectivity index (χ0v) is 15.3. The van der Waals surface area contributed by atoms with E-state index in [0.29, 0.717) is 36.2 Å². The second kappa shape index (κ2) is 7.04. The summed E-state index contributed by atoms with van der Waals surface area (Å²) in [5, 5.41) is 0. The van der Waals surface area contributed by atoms with Crippen LogP contribution in [0.5, 0.6) is 0 Å². The van der Waals surface area contributed by atoms with Gasteiger partial charge >= 0.3 is 0 Å². The van der Waals surface area contributed by atoms with E-state index >= 15 is 0 Å². The van der Waals surface area contributed by atoms with E-state index in [1.54, 1.807) is 41.3 Å². The molecule has 0 atom stereocenters. The number of sulfonamides is 1. The molecule has 1 saturated heterocycles. The first-order valence-electron chi connectivity index (χ1n) is 7.59. The fraction of sp³-hybridized carbons (Fsp3) is 0.235. The van der Waals surface area contributed by atoms with E-state index in [1.165, 1.54) is 4.31 Å². The number of halogens is 1. The number of carbonyl (C=O) groups excluding carboxylic acids is 1. The minimum Gasteiger partial charge on any atom is -0.336 e. The van der Waals surface area contributed by atoms with E-state index in [-0.39, 0.29) is 10.8 Å². The first kappa shape index (κ1) is 17.1. The van der Waals surface area contributed by atoms with Gasteiger partial charge in [-0.1, -0.05) is 30.3 Å². The fourth-order valence-corrected chi connectivity index (χ4v) is 5.07. The summed E-state index contributed by atoms with van der Waals surface area (Å²) in [6.07, 6.45) is 0. The van der Waals surface area contributed by atoms with Crippen LogP contribution < -0.4 is 0 Å². The average Bonchev–Trinajstić information content (AvgIpc) is 2.62. The number of hydrogen-bond acceptors (Lipinski definition) is 3. The topological polar surface area (TPSA) is 57.7 Å². The van der Waals surface area contributed by atoms with Gasteiger partial charge in [-0.3, -0.25) is 4.79 Å². The van der Waals surface area contributed by atoms with Crippen molar-refractivity contribution in [3.8, 4) is 0 Å². The molecule has 5 nitrogen and oxygen atoms in total. The predicted octanol–water partition coefficient (Wildman–Crippen LogP) is 2.60. The van der Waals surface area contributed by atoms with Crippen molar-refractivity contribution in [2.75, 3.05) is 26.2 Å². The Morgan fingerprint density at radius 1 is 0.875 bits per heavy atom. The molecule has 1 aliphatic heterocycles. The molecule has 1 aliphatic rings. The van der Waals surface area contributed by atoms with Crippen LogP contribution in [-0.4, -0.2) is 49.7 Å². The van der Waals surface area contributed by atoms with E-state index in [4.69, 9.17) is 0 Å². The van der Waals surface area contributed by atoms with Crippen molar-refractivity contribution < 1.29 is 13.2 Å².